The van der Waals surface area contributed by atoms with Gasteiger partial charge in [0.1, 0.15) is 12.2 Å². The van der Waals surface area contributed by atoms with Crippen LogP contribution in [-0.2, 0) is 18.9 Å². The average Bonchev–Trinajstić information content (AvgIpc) is 2.87. The van der Waals surface area contributed by atoms with E-state index >= 15 is 0 Å². The molecule has 2 bridgehead atoms. The number of fused-ring (bicyclic) bond motifs is 2. The van der Waals surface area contributed by atoms with E-state index in [0.29, 0.717) is 13.2 Å². The van der Waals surface area contributed by atoms with Crippen molar-refractivity contribution >= 4 is 0 Å². The number of rotatable bonds is 5. The monoisotopic (exact) mass is 268 g/mol. The second kappa shape index (κ2) is 6.35. The van der Waals surface area contributed by atoms with Gasteiger partial charge in [0, 0.05) is 13.0 Å². The minimum absolute atomic E-state index is 0.0223. The molecule has 1 unspecified atom stereocenters. The molecule has 19 heavy (non-hydrogen) atoms. The molecule has 0 spiro atoms. The average molecular weight is 268 g/mol. The van der Waals surface area contributed by atoms with Crippen molar-refractivity contribution in [3.63, 3.8) is 0 Å². The predicted octanol–water partition coefficient (Wildman–Crippen LogP) is 2.42. The lowest BCUT2D eigenvalue weighted by molar-refractivity contribution is -0.203. The van der Waals surface area contributed by atoms with Crippen LogP contribution in [0.25, 0.3) is 0 Å². The smallest absolute Gasteiger partial charge is 0.184 e. The number of hydrogen-bond acceptors (Lipinski definition) is 4. The molecule has 3 rings (SSSR count). The van der Waals surface area contributed by atoms with Crippen molar-refractivity contribution in [3.8, 4) is 0 Å². The molecule has 0 radical (unpaired) electrons. The summed E-state index contributed by atoms with van der Waals surface area (Å²) in [6, 6.07) is 0. The van der Waals surface area contributed by atoms with E-state index in [1.54, 1.807) is 0 Å². The molecule has 0 amide bonds. The van der Waals surface area contributed by atoms with Crippen molar-refractivity contribution in [2.45, 2.75) is 63.6 Å². The van der Waals surface area contributed by atoms with Crippen molar-refractivity contribution in [3.05, 3.63) is 11.6 Å². The zero-order valence-corrected chi connectivity index (χ0v) is 11.7. The second-order valence-corrected chi connectivity index (χ2v) is 5.56. The van der Waals surface area contributed by atoms with E-state index in [-0.39, 0.29) is 24.6 Å². The Morgan fingerprint density at radius 2 is 2.21 bits per heavy atom. The van der Waals surface area contributed by atoms with Crippen LogP contribution < -0.4 is 0 Å². The molecule has 0 aromatic rings. The molecule has 3 aliphatic rings. The summed E-state index contributed by atoms with van der Waals surface area (Å²) in [6.07, 6.45) is 8.27. The molecule has 4 nitrogen and oxygen atoms in total. The summed E-state index contributed by atoms with van der Waals surface area (Å²) in [5.41, 5.74) is 1.44. The van der Waals surface area contributed by atoms with Crippen LogP contribution in [0.15, 0.2) is 11.6 Å². The molecule has 2 saturated heterocycles. The van der Waals surface area contributed by atoms with E-state index in [0.717, 1.165) is 13.0 Å². The Kier molecular flexibility index (Phi) is 4.53. The maximum absolute atomic E-state index is 6.08. The third kappa shape index (κ3) is 3.19. The van der Waals surface area contributed by atoms with Crippen molar-refractivity contribution in [1.29, 1.82) is 0 Å². The highest BCUT2D eigenvalue weighted by molar-refractivity contribution is 5.05. The van der Waals surface area contributed by atoms with Crippen molar-refractivity contribution in [2.24, 2.45) is 0 Å². The van der Waals surface area contributed by atoms with Crippen LogP contribution in [0, 0.1) is 0 Å². The largest absolute Gasteiger partial charge is 0.373 e. The molecule has 0 saturated carbocycles. The van der Waals surface area contributed by atoms with Crippen LogP contribution in [0.3, 0.4) is 0 Å². The molecule has 108 valence electrons. The van der Waals surface area contributed by atoms with Crippen molar-refractivity contribution in [2.75, 3.05) is 19.8 Å². The van der Waals surface area contributed by atoms with Crippen LogP contribution in [0.4, 0.5) is 0 Å². The van der Waals surface area contributed by atoms with Gasteiger partial charge in [-0.1, -0.05) is 6.08 Å². The van der Waals surface area contributed by atoms with Gasteiger partial charge in [-0.15, -0.1) is 0 Å². The molecule has 0 aromatic heterocycles. The summed E-state index contributed by atoms with van der Waals surface area (Å²) < 4.78 is 23.2. The van der Waals surface area contributed by atoms with E-state index in [2.05, 4.69) is 6.08 Å². The summed E-state index contributed by atoms with van der Waals surface area (Å²) in [4.78, 5) is 0. The van der Waals surface area contributed by atoms with Gasteiger partial charge in [0.2, 0.25) is 0 Å². The molecule has 2 aliphatic heterocycles. The van der Waals surface area contributed by atoms with Gasteiger partial charge in [0.05, 0.1) is 19.3 Å². The van der Waals surface area contributed by atoms with Gasteiger partial charge in [-0.05, 0) is 38.2 Å². The summed E-state index contributed by atoms with van der Waals surface area (Å²) in [5.74, 6) is 0. The Hall–Kier alpha value is -0.420. The lowest BCUT2D eigenvalue weighted by Gasteiger charge is -2.33. The van der Waals surface area contributed by atoms with Crippen LogP contribution in [-0.4, -0.2) is 44.4 Å². The first-order valence-electron chi connectivity index (χ1n) is 7.55. The molecular formula is C15H24O4. The third-order valence-electron chi connectivity index (χ3n) is 4.17. The SMILES string of the molecule is CCO[C@@H]1C[C@H](OCC2=CCCCC2)[C@H]2COC1O2. The minimum atomic E-state index is -0.182. The summed E-state index contributed by atoms with van der Waals surface area (Å²) in [7, 11) is 0. The highest BCUT2D eigenvalue weighted by atomic mass is 16.8. The zero-order valence-electron chi connectivity index (χ0n) is 11.7. The quantitative estimate of drug-likeness (QED) is 0.718. The normalized spacial score (nSPS) is 38.3. The van der Waals surface area contributed by atoms with Gasteiger partial charge in [-0.3, -0.25) is 0 Å². The molecule has 4 atom stereocenters. The first kappa shape index (κ1) is 13.6. The molecule has 4 heteroatoms. The first-order valence-corrected chi connectivity index (χ1v) is 7.55. The Morgan fingerprint density at radius 3 is 3.00 bits per heavy atom. The fraction of sp³-hybridized carbons (Fsp3) is 0.867. The predicted molar refractivity (Wildman–Crippen MR) is 70.9 cm³/mol. The van der Waals surface area contributed by atoms with Crippen molar-refractivity contribution in [1.82, 2.24) is 0 Å². The number of ether oxygens (including phenoxy) is 4. The van der Waals surface area contributed by atoms with Gasteiger partial charge in [0.15, 0.2) is 6.29 Å². The van der Waals surface area contributed by atoms with E-state index in [9.17, 15) is 0 Å². The van der Waals surface area contributed by atoms with Gasteiger partial charge >= 0.3 is 0 Å². The Labute approximate surface area is 115 Å². The fourth-order valence-electron chi connectivity index (χ4n) is 3.11. The molecule has 1 aliphatic carbocycles. The van der Waals surface area contributed by atoms with Crippen LogP contribution in [0.2, 0.25) is 0 Å². The first-order chi connectivity index (χ1) is 9.36. The van der Waals surface area contributed by atoms with Gasteiger partial charge in [-0.25, -0.2) is 0 Å². The third-order valence-corrected chi connectivity index (χ3v) is 4.17. The summed E-state index contributed by atoms with van der Waals surface area (Å²) in [6.45, 7) is 4.08. The Bertz CT molecular complexity index is 328. The molecule has 0 aromatic carbocycles. The number of hydrogen-bond donors (Lipinski definition) is 0. The van der Waals surface area contributed by atoms with Crippen LogP contribution >= 0.6 is 0 Å². The van der Waals surface area contributed by atoms with Gasteiger partial charge in [-0.2, -0.15) is 0 Å². The lowest BCUT2D eigenvalue weighted by Crippen LogP contribution is -2.44. The maximum atomic E-state index is 6.08. The molecule has 2 heterocycles. The molecule has 2 fully saturated rings. The highest BCUT2D eigenvalue weighted by Gasteiger charge is 2.45. The van der Waals surface area contributed by atoms with E-state index in [1.807, 2.05) is 6.92 Å². The second-order valence-electron chi connectivity index (χ2n) is 5.56. The van der Waals surface area contributed by atoms with Crippen LogP contribution in [0.1, 0.15) is 39.0 Å². The maximum Gasteiger partial charge on any atom is 0.184 e. The fourth-order valence-corrected chi connectivity index (χ4v) is 3.11. The van der Waals surface area contributed by atoms with Gasteiger partial charge < -0.3 is 18.9 Å². The molecular weight excluding hydrogens is 244 g/mol. The van der Waals surface area contributed by atoms with Crippen LogP contribution in [0.5, 0.6) is 0 Å². The minimum Gasteiger partial charge on any atom is -0.373 e. The summed E-state index contributed by atoms with van der Waals surface area (Å²) >= 11 is 0. The lowest BCUT2D eigenvalue weighted by atomic mass is 10.00. The highest BCUT2D eigenvalue weighted by Crippen LogP contribution is 2.32. The van der Waals surface area contributed by atoms with Gasteiger partial charge in [0.25, 0.3) is 0 Å². The van der Waals surface area contributed by atoms with Crippen molar-refractivity contribution < 1.29 is 18.9 Å². The van der Waals surface area contributed by atoms with E-state index in [1.165, 1.54) is 31.3 Å². The molecule has 0 N–H and O–H groups in total. The topological polar surface area (TPSA) is 36.9 Å². The Morgan fingerprint density at radius 1 is 1.26 bits per heavy atom. The standard InChI is InChI=1S/C15H24O4/c1-2-16-13-8-12(14-10-18-15(13)19-14)17-9-11-6-4-3-5-7-11/h6,12-15H,2-5,7-10H2,1H3/t12-,13+,14+,15?/m0/s1. The van der Waals surface area contributed by atoms with E-state index in [4.69, 9.17) is 18.9 Å². The number of allylic oxidation sites excluding steroid dienone is 1. The Balaban J connectivity index is 1.53. The zero-order chi connectivity index (χ0) is 13.1. The van der Waals surface area contributed by atoms with E-state index < -0.39 is 0 Å². The summed E-state index contributed by atoms with van der Waals surface area (Å²) in [5, 5.41) is 0.